The van der Waals surface area contributed by atoms with Crippen molar-refractivity contribution >= 4 is 29.3 Å². The van der Waals surface area contributed by atoms with E-state index in [0.717, 1.165) is 0 Å². The summed E-state index contributed by atoms with van der Waals surface area (Å²) in [4.78, 5) is 22.7. The van der Waals surface area contributed by atoms with Crippen molar-refractivity contribution in [1.29, 1.82) is 0 Å². The van der Waals surface area contributed by atoms with Crippen LogP contribution < -0.4 is 11.1 Å². The number of halogens is 2. The fraction of sp³-hybridized carbons (Fsp3) is 0.333. The van der Waals surface area contributed by atoms with Gasteiger partial charge in [-0.15, -0.1) is 0 Å². The van der Waals surface area contributed by atoms with E-state index in [2.05, 4.69) is 5.32 Å². The first kappa shape index (κ1) is 16.4. The molecule has 0 fully saturated rings. The zero-order chi connectivity index (χ0) is 15.3. The average molecular weight is 304 g/mol. The number of nitrogens with one attached hydrogen (secondary N) is 1. The second-order valence-electron chi connectivity index (χ2n) is 3.99. The lowest BCUT2D eigenvalue weighted by molar-refractivity contribution is -0.117. The van der Waals surface area contributed by atoms with Gasteiger partial charge in [0, 0.05) is 6.07 Å². The summed E-state index contributed by atoms with van der Waals surface area (Å²) in [6.07, 6.45) is 2.24. The van der Waals surface area contributed by atoms with Crippen LogP contribution in [0.5, 0.6) is 0 Å². The van der Waals surface area contributed by atoms with Crippen LogP contribution in [0.2, 0.25) is 0 Å². The quantitative estimate of drug-likeness (QED) is 0.743. The molecule has 4 N–H and O–H groups in total. The summed E-state index contributed by atoms with van der Waals surface area (Å²) in [6, 6.07) is 0.288. The van der Waals surface area contributed by atoms with Crippen LogP contribution >= 0.6 is 11.8 Å². The predicted octanol–water partition coefficient (Wildman–Crippen LogP) is 1.68. The molecule has 1 aromatic rings. The molecule has 0 saturated heterocycles. The van der Waals surface area contributed by atoms with Crippen LogP contribution in [0, 0.1) is 11.6 Å². The Balaban J connectivity index is 2.93. The molecule has 20 heavy (non-hydrogen) atoms. The molecule has 0 aliphatic heterocycles. The van der Waals surface area contributed by atoms with Gasteiger partial charge in [-0.2, -0.15) is 11.8 Å². The monoisotopic (exact) mass is 304 g/mol. The topological polar surface area (TPSA) is 92.4 Å². The lowest BCUT2D eigenvalue weighted by Gasteiger charge is -2.13. The van der Waals surface area contributed by atoms with Crippen molar-refractivity contribution in [2.75, 3.05) is 17.3 Å². The highest BCUT2D eigenvalue weighted by molar-refractivity contribution is 7.98. The highest BCUT2D eigenvalue weighted by Gasteiger charge is 2.19. The molecule has 1 atom stereocenters. The molecule has 0 aromatic heterocycles. The molecule has 0 aliphatic rings. The number of carbonyl (C=O) groups is 2. The maximum Gasteiger partial charge on any atom is 0.337 e. The molecule has 0 heterocycles. The van der Waals surface area contributed by atoms with Gasteiger partial charge in [0.05, 0.1) is 17.3 Å². The van der Waals surface area contributed by atoms with Crippen LogP contribution in [0.15, 0.2) is 12.1 Å². The van der Waals surface area contributed by atoms with Gasteiger partial charge >= 0.3 is 5.97 Å². The third-order valence-electron chi connectivity index (χ3n) is 2.52. The first-order valence-electron chi connectivity index (χ1n) is 5.64. The lowest BCUT2D eigenvalue weighted by atomic mass is 10.1. The summed E-state index contributed by atoms with van der Waals surface area (Å²) in [5.41, 5.74) is 4.75. The summed E-state index contributed by atoms with van der Waals surface area (Å²) in [5, 5.41) is 11.1. The minimum absolute atomic E-state index is 0.319. The Morgan fingerprint density at radius 1 is 1.40 bits per heavy atom. The van der Waals surface area contributed by atoms with Crippen LogP contribution in [0.1, 0.15) is 16.8 Å². The van der Waals surface area contributed by atoms with Gasteiger partial charge in [0.25, 0.3) is 0 Å². The maximum absolute atomic E-state index is 13.1. The SMILES string of the molecule is CSCC[C@@H](N)C(=O)Nc1cc(F)c(F)cc1C(=O)O. The van der Waals surface area contributed by atoms with Crippen molar-refractivity contribution in [3.05, 3.63) is 29.3 Å². The molecule has 0 spiro atoms. The molecule has 0 unspecified atom stereocenters. The molecule has 1 aromatic carbocycles. The van der Waals surface area contributed by atoms with E-state index in [1.807, 2.05) is 6.26 Å². The van der Waals surface area contributed by atoms with E-state index in [1.165, 1.54) is 11.8 Å². The van der Waals surface area contributed by atoms with Gasteiger partial charge in [0.15, 0.2) is 11.6 Å². The van der Waals surface area contributed by atoms with Gasteiger partial charge in [0.1, 0.15) is 0 Å². The molecule has 110 valence electrons. The number of carboxylic acids is 1. The molecule has 5 nitrogen and oxygen atoms in total. The first-order chi connectivity index (χ1) is 9.36. The van der Waals surface area contributed by atoms with Gasteiger partial charge < -0.3 is 16.2 Å². The number of carbonyl (C=O) groups excluding carboxylic acids is 1. The maximum atomic E-state index is 13.1. The summed E-state index contributed by atoms with van der Waals surface area (Å²) < 4.78 is 26.1. The highest BCUT2D eigenvalue weighted by atomic mass is 32.2. The van der Waals surface area contributed by atoms with Gasteiger partial charge in [-0.1, -0.05) is 0 Å². The highest BCUT2D eigenvalue weighted by Crippen LogP contribution is 2.20. The second kappa shape index (κ2) is 7.20. The van der Waals surface area contributed by atoms with E-state index in [0.29, 0.717) is 24.3 Å². The van der Waals surface area contributed by atoms with E-state index in [9.17, 15) is 18.4 Å². The van der Waals surface area contributed by atoms with Crippen LogP contribution in [0.25, 0.3) is 0 Å². The van der Waals surface area contributed by atoms with Crippen molar-refractivity contribution in [2.24, 2.45) is 5.73 Å². The van der Waals surface area contributed by atoms with E-state index in [-0.39, 0.29) is 5.69 Å². The fourth-order valence-electron chi connectivity index (χ4n) is 1.43. The van der Waals surface area contributed by atoms with Crippen molar-refractivity contribution in [3.63, 3.8) is 0 Å². The molecule has 0 aliphatic carbocycles. The van der Waals surface area contributed by atoms with Crippen LogP contribution in [0.3, 0.4) is 0 Å². The molecular weight excluding hydrogens is 290 g/mol. The number of thioether (sulfide) groups is 1. The van der Waals surface area contributed by atoms with Gasteiger partial charge in [-0.05, 0) is 24.5 Å². The van der Waals surface area contributed by atoms with E-state index in [1.54, 1.807) is 0 Å². The predicted molar refractivity (Wildman–Crippen MR) is 72.9 cm³/mol. The van der Waals surface area contributed by atoms with Crippen molar-refractivity contribution in [1.82, 2.24) is 0 Å². The number of benzene rings is 1. The number of hydrogen-bond acceptors (Lipinski definition) is 4. The van der Waals surface area contributed by atoms with Crippen LogP contribution in [0.4, 0.5) is 14.5 Å². The second-order valence-corrected chi connectivity index (χ2v) is 4.98. The third-order valence-corrected chi connectivity index (χ3v) is 3.16. The number of hydrogen-bond donors (Lipinski definition) is 3. The van der Waals surface area contributed by atoms with Crippen molar-refractivity contribution in [2.45, 2.75) is 12.5 Å². The van der Waals surface area contributed by atoms with Gasteiger partial charge in [-0.25, -0.2) is 13.6 Å². The summed E-state index contributed by atoms with van der Waals surface area (Å²) in [6.45, 7) is 0. The fourth-order valence-corrected chi connectivity index (χ4v) is 1.92. The van der Waals surface area contributed by atoms with Gasteiger partial charge in [-0.3, -0.25) is 4.79 Å². The number of rotatable bonds is 6. The molecule has 0 saturated carbocycles. The smallest absolute Gasteiger partial charge is 0.337 e. The number of aromatic carboxylic acids is 1. The molecule has 0 bridgehead atoms. The van der Waals surface area contributed by atoms with E-state index in [4.69, 9.17) is 10.8 Å². The van der Waals surface area contributed by atoms with Crippen molar-refractivity contribution in [3.8, 4) is 0 Å². The van der Waals surface area contributed by atoms with Crippen LogP contribution in [-0.4, -0.2) is 35.0 Å². The minimum atomic E-state index is -1.48. The third kappa shape index (κ3) is 4.17. The summed E-state index contributed by atoms with van der Waals surface area (Å²) in [5.74, 6) is -4.02. The van der Waals surface area contributed by atoms with Crippen molar-refractivity contribution < 1.29 is 23.5 Å². The van der Waals surface area contributed by atoms with Crippen LogP contribution in [-0.2, 0) is 4.79 Å². The Hall–Kier alpha value is -1.67. The number of carboxylic acid groups (broad SMARTS) is 1. The Kier molecular flexibility index (Phi) is 5.90. The zero-order valence-electron chi connectivity index (χ0n) is 10.7. The number of amides is 1. The number of anilines is 1. The minimum Gasteiger partial charge on any atom is -0.478 e. The molecule has 8 heteroatoms. The molecule has 0 radical (unpaired) electrons. The lowest BCUT2D eigenvalue weighted by Crippen LogP contribution is -2.36. The molecule has 1 rings (SSSR count). The molecular formula is C12H14F2N2O3S. The standard InChI is InChI=1S/C12H14F2N2O3S/c1-20-3-2-9(15)11(17)16-10-5-8(14)7(13)4-6(10)12(18)19/h4-5,9H,2-3,15H2,1H3,(H,16,17)(H,18,19)/t9-/m1/s1. The van der Waals surface area contributed by atoms with E-state index >= 15 is 0 Å². The Bertz CT molecular complexity index is 526. The normalized spacial score (nSPS) is 12.0. The van der Waals surface area contributed by atoms with Gasteiger partial charge in [0.2, 0.25) is 5.91 Å². The Morgan fingerprint density at radius 3 is 2.55 bits per heavy atom. The van der Waals surface area contributed by atoms with E-state index < -0.39 is 35.1 Å². The first-order valence-corrected chi connectivity index (χ1v) is 7.04. The summed E-state index contributed by atoms with van der Waals surface area (Å²) >= 11 is 1.50. The Labute approximate surface area is 118 Å². The zero-order valence-corrected chi connectivity index (χ0v) is 11.5. The Morgan fingerprint density at radius 2 is 2.00 bits per heavy atom. The average Bonchev–Trinajstić information content (AvgIpc) is 2.39. The number of nitrogens with two attached hydrogens (primary N) is 1. The molecule has 1 amide bonds. The summed E-state index contributed by atoms with van der Waals surface area (Å²) in [7, 11) is 0. The largest absolute Gasteiger partial charge is 0.478 e.